The van der Waals surface area contributed by atoms with E-state index < -0.39 is 12.0 Å². The number of aryl methyl sites for hydroxylation is 1. The van der Waals surface area contributed by atoms with Crippen molar-refractivity contribution in [3.05, 3.63) is 17.6 Å². The number of hydrogen-bond donors (Lipinski definition) is 1. The fourth-order valence-corrected chi connectivity index (χ4v) is 2.74. The van der Waals surface area contributed by atoms with Crippen molar-refractivity contribution in [3.8, 4) is 0 Å². The molecule has 2 aromatic heterocycles. The molecule has 1 N–H and O–H groups in total. The summed E-state index contributed by atoms with van der Waals surface area (Å²) in [5.74, 6) is -0.609. The van der Waals surface area contributed by atoms with Gasteiger partial charge in [-0.3, -0.25) is 0 Å². The predicted octanol–water partition coefficient (Wildman–Crippen LogP) is 1.66. The molecule has 0 radical (unpaired) electrons. The highest BCUT2D eigenvalue weighted by molar-refractivity contribution is 5.48. The number of fused-ring (bicyclic) bond motifs is 1. The van der Waals surface area contributed by atoms with Gasteiger partial charge in [0.05, 0.1) is 0 Å². The van der Waals surface area contributed by atoms with Crippen LogP contribution in [-0.2, 0) is 6.18 Å². The summed E-state index contributed by atoms with van der Waals surface area (Å²) >= 11 is 0. The molecule has 3 heterocycles. The zero-order valence-electron chi connectivity index (χ0n) is 12.0. The van der Waals surface area contributed by atoms with Gasteiger partial charge in [0, 0.05) is 31.5 Å². The monoisotopic (exact) mass is 315 g/mol. The quantitative estimate of drug-likeness (QED) is 0.913. The lowest BCUT2D eigenvalue weighted by Crippen LogP contribution is -2.38. The number of rotatable bonds is 2. The molecular formula is C13H16F3N5O. The molecule has 2 aromatic rings. The Hall–Kier alpha value is -1.90. The zero-order valence-corrected chi connectivity index (χ0v) is 12.0. The van der Waals surface area contributed by atoms with Crippen LogP contribution in [0.5, 0.6) is 0 Å². The first-order chi connectivity index (χ1) is 10.4. The van der Waals surface area contributed by atoms with E-state index in [2.05, 4.69) is 15.1 Å². The van der Waals surface area contributed by atoms with Gasteiger partial charge < -0.3 is 10.0 Å². The Labute approximate surface area is 124 Å². The van der Waals surface area contributed by atoms with E-state index in [-0.39, 0.29) is 18.3 Å². The van der Waals surface area contributed by atoms with Crippen LogP contribution in [0.2, 0.25) is 0 Å². The molecule has 1 aliphatic heterocycles. The smallest absolute Gasteiger partial charge is 0.396 e. The highest BCUT2D eigenvalue weighted by Crippen LogP contribution is 2.29. The topological polar surface area (TPSA) is 66.5 Å². The molecule has 9 heteroatoms. The number of halogens is 3. The molecule has 0 saturated carbocycles. The van der Waals surface area contributed by atoms with Crippen LogP contribution in [0, 0.1) is 12.8 Å². The number of aliphatic hydroxyl groups is 1. The number of piperidine rings is 1. The van der Waals surface area contributed by atoms with Gasteiger partial charge in [-0.15, -0.1) is 5.10 Å². The summed E-state index contributed by atoms with van der Waals surface area (Å²) in [6.07, 6.45) is -2.82. The number of hydrogen-bond acceptors (Lipinski definition) is 5. The Morgan fingerprint density at radius 2 is 2.14 bits per heavy atom. The summed E-state index contributed by atoms with van der Waals surface area (Å²) in [5.41, 5.74) is 0.578. The minimum atomic E-state index is -4.60. The van der Waals surface area contributed by atoms with Gasteiger partial charge in [0.15, 0.2) is 0 Å². The molecule has 0 amide bonds. The summed E-state index contributed by atoms with van der Waals surface area (Å²) < 4.78 is 39.5. The third-order valence-corrected chi connectivity index (χ3v) is 3.78. The second-order valence-electron chi connectivity index (χ2n) is 5.54. The number of nitrogens with zero attached hydrogens (tertiary/aromatic N) is 5. The second-order valence-corrected chi connectivity index (χ2v) is 5.54. The molecule has 1 fully saturated rings. The van der Waals surface area contributed by atoms with Crippen molar-refractivity contribution in [2.75, 3.05) is 24.6 Å². The maximum absolute atomic E-state index is 12.8. The van der Waals surface area contributed by atoms with Crippen LogP contribution in [0.1, 0.15) is 24.4 Å². The Morgan fingerprint density at radius 1 is 1.36 bits per heavy atom. The SMILES string of the molecule is Cc1cc(N2CCC[C@@H](CO)C2)n2nc(C(F)(F)F)nc2n1. The Bertz CT molecular complexity index is 684. The fourth-order valence-electron chi connectivity index (χ4n) is 2.74. The molecule has 3 rings (SSSR count). The third-order valence-electron chi connectivity index (χ3n) is 3.78. The number of alkyl halides is 3. The Morgan fingerprint density at radius 3 is 2.82 bits per heavy atom. The van der Waals surface area contributed by atoms with Crippen LogP contribution in [-0.4, -0.2) is 44.4 Å². The molecule has 0 aliphatic carbocycles. The van der Waals surface area contributed by atoms with E-state index in [1.807, 2.05) is 4.90 Å². The highest BCUT2D eigenvalue weighted by Gasteiger charge is 2.37. The minimum Gasteiger partial charge on any atom is -0.396 e. The maximum Gasteiger partial charge on any atom is 0.453 e. The van der Waals surface area contributed by atoms with Crippen molar-refractivity contribution in [1.29, 1.82) is 0 Å². The summed E-state index contributed by atoms with van der Waals surface area (Å²) in [7, 11) is 0. The molecule has 22 heavy (non-hydrogen) atoms. The molecule has 1 saturated heterocycles. The second kappa shape index (κ2) is 5.38. The third kappa shape index (κ3) is 2.72. The van der Waals surface area contributed by atoms with Gasteiger partial charge in [0.25, 0.3) is 11.6 Å². The molecule has 0 spiro atoms. The molecule has 0 unspecified atom stereocenters. The standard InChI is InChI=1S/C13H16F3N5O/c1-8-5-10(20-4-2-3-9(6-20)7-22)21-12(17-8)18-11(19-21)13(14,15)16/h5,9,22H,2-4,6-7H2,1H3/t9-/m1/s1. The van der Waals surface area contributed by atoms with Gasteiger partial charge in [0.1, 0.15) is 5.82 Å². The predicted molar refractivity (Wildman–Crippen MR) is 72.5 cm³/mol. The van der Waals surface area contributed by atoms with Crippen molar-refractivity contribution >= 4 is 11.6 Å². The molecule has 1 atom stereocenters. The normalized spacial score (nSPS) is 19.9. The van der Waals surface area contributed by atoms with Crippen LogP contribution < -0.4 is 4.90 Å². The molecule has 0 aromatic carbocycles. The summed E-state index contributed by atoms with van der Waals surface area (Å²) in [5, 5.41) is 12.9. The fraction of sp³-hybridized carbons (Fsp3) is 0.615. The summed E-state index contributed by atoms with van der Waals surface area (Å²) in [6.45, 7) is 3.06. The van der Waals surface area contributed by atoms with Crippen LogP contribution in [0.15, 0.2) is 6.07 Å². The van der Waals surface area contributed by atoms with E-state index >= 15 is 0 Å². The number of anilines is 1. The van der Waals surface area contributed by atoms with E-state index in [1.165, 1.54) is 0 Å². The lowest BCUT2D eigenvalue weighted by atomic mass is 9.99. The van der Waals surface area contributed by atoms with Gasteiger partial charge in [-0.25, -0.2) is 4.98 Å². The van der Waals surface area contributed by atoms with Crippen LogP contribution in [0.3, 0.4) is 0 Å². The molecule has 120 valence electrons. The van der Waals surface area contributed by atoms with E-state index in [9.17, 15) is 18.3 Å². The van der Waals surface area contributed by atoms with Gasteiger partial charge >= 0.3 is 6.18 Å². The van der Waals surface area contributed by atoms with Crippen molar-refractivity contribution < 1.29 is 18.3 Å². The summed E-state index contributed by atoms with van der Waals surface area (Å²) in [4.78, 5) is 9.43. The van der Waals surface area contributed by atoms with Crippen LogP contribution in [0.25, 0.3) is 5.78 Å². The Balaban J connectivity index is 2.06. The molecule has 1 aliphatic rings. The number of aliphatic hydroxyl groups excluding tert-OH is 1. The van der Waals surface area contributed by atoms with Gasteiger partial charge in [-0.1, -0.05) is 0 Å². The van der Waals surface area contributed by atoms with Crippen molar-refractivity contribution in [1.82, 2.24) is 19.6 Å². The average Bonchev–Trinajstić information content (AvgIpc) is 2.90. The number of aromatic nitrogens is 4. The molecule has 0 bridgehead atoms. The van der Waals surface area contributed by atoms with E-state index in [1.54, 1.807) is 13.0 Å². The van der Waals surface area contributed by atoms with Gasteiger partial charge in [0.2, 0.25) is 0 Å². The largest absolute Gasteiger partial charge is 0.453 e. The van der Waals surface area contributed by atoms with Crippen molar-refractivity contribution in [3.63, 3.8) is 0 Å². The van der Waals surface area contributed by atoms with E-state index in [0.29, 0.717) is 24.6 Å². The average molecular weight is 315 g/mol. The van der Waals surface area contributed by atoms with E-state index in [4.69, 9.17) is 0 Å². The van der Waals surface area contributed by atoms with Gasteiger partial charge in [-0.05, 0) is 25.7 Å². The van der Waals surface area contributed by atoms with E-state index in [0.717, 1.165) is 17.4 Å². The van der Waals surface area contributed by atoms with Crippen LogP contribution in [0.4, 0.5) is 19.0 Å². The molecular weight excluding hydrogens is 299 g/mol. The van der Waals surface area contributed by atoms with Crippen molar-refractivity contribution in [2.45, 2.75) is 25.9 Å². The van der Waals surface area contributed by atoms with Crippen molar-refractivity contribution in [2.24, 2.45) is 5.92 Å². The highest BCUT2D eigenvalue weighted by atomic mass is 19.4. The minimum absolute atomic E-state index is 0.0616. The Kier molecular flexibility index (Phi) is 3.67. The van der Waals surface area contributed by atoms with Gasteiger partial charge in [-0.2, -0.15) is 22.7 Å². The maximum atomic E-state index is 12.8. The van der Waals surface area contributed by atoms with Crippen LogP contribution >= 0.6 is 0 Å². The first kappa shape index (κ1) is 15.0. The lowest BCUT2D eigenvalue weighted by Gasteiger charge is -2.33. The zero-order chi connectivity index (χ0) is 15.9. The lowest BCUT2D eigenvalue weighted by molar-refractivity contribution is -0.144. The molecule has 6 nitrogen and oxygen atoms in total. The first-order valence-electron chi connectivity index (χ1n) is 7.06. The first-order valence-corrected chi connectivity index (χ1v) is 7.06. The summed E-state index contributed by atoms with van der Waals surface area (Å²) in [6, 6.07) is 1.70.